The number of hydrogen-bond donors (Lipinski definition) is 0. The second kappa shape index (κ2) is 17.2. The van der Waals surface area contributed by atoms with Gasteiger partial charge in [-0.05, 0) is 39.5 Å². The minimum Gasteiger partial charge on any atom is -0.291 e. The number of aromatic nitrogens is 1. The Hall–Kier alpha value is 0.290. The zero-order chi connectivity index (χ0) is 20.7. The van der Waals surface area contributed by atoms with Crippen LogP contribution < -0.4 is 0 Å². The molecule has 2 rings (SSSR count). The fourth-order valence-corrected chi connectivity index (χ4v) is 5.08. The highest BCUT2D eigenvalue weighted by molar-refractivity contribution is 8.50. The highest BCUT2D eigenvalue weighted by atomic mass is 32.4. The molecule has 0 bridgehead atoms. The fraction of sp³-hybridized carbons (Fsp3) is 0.333. The molecule has 0 radical (unpaired) electrons. The number of rotatable bonds is 6. The first-order valence-corrected chi connectivity index (χ1v) is 17.6. The molecular formula is C18H30N2OP6. The van der Waals surface area contributed by atoms with E-state index in [1.165, 1.54) is 11.1 Å². The maximum atomic E-state index is 12.1. The van der Waals surface area contributed by atoms with E-state index in [1.807, 2.05) is 39.0 Å². The average molecular weight is 476 g/mol. The van der Waals surface area contributed by atoms with Gasteiger partial charge in [-0.25, -0.2) is 0 Å². The number of carbonyl (C=O) groups excluding carboxylic acids is 1. The van der Waals surface area contributed by atoms with Crippen molar-refractivity contribution in [3.63, 3.8) is 0 Å². The van der Waals surface area contributed by atoms with Crippen LogP contribution in [-0.2, 0) is 11.2 Å². The largest absolute Gasteiger partial charge is 0.291 e. The third-order valence-corrected chi connectivity index (χ3v) is 7.73. The van der Waals surface area contributed by atoms with E-state index < -0.39 is 7.30 Å². The molecule has 5 atom stereocenters. The molecule has 9 heteroatoms. The molecule has 0 saturated carbocycles. The van der Waals surface area contributed by atoms with Gasteiger partial charge in [-0.2, -0.15) is 0 Å². The lowest BCUT2D eigenvalue weighted by atomic mass is 10.1. The Balaban J connectivity index is 0.000000621. The maximum Gasteiger partial charge on any atom is 0.186 e. The van der Waals surface area contributed by atoms with Gasteiger partial charge in [0.25, 0.3) is 0 Å². The van der Waals surface area contributed by atoms with Gasteiger partial charge in [-0.1, -0.05) is 67.6 Å². The van der Waals surface area contributed by atoms with E-state index in [2.05, 4.69) is 67.7 Å². The summed E-state index contributed by atoms with van der Waals surface area (Å²) >= 11 is 0. The van der Waals surface area contributed by atoms with Crippen LogP contribution >= 0.6 is 50.1 Å². The zero-order valence-electron chi connectivity index (χ0n) is 16.3. The molecule has 0 spiro atoms. The third-order valence-electron chi connectivity index (χ3n) is 3.16. The lowest BCUT2D eigenvalue weighted by Gasteiger charge is -2.13. The first-order valence-electron chi connectivity index (χ1n) is 8.56. The predicted molar refractivity (Wildman–Crippen MR) is 138 cm³/mol. The first-order chi connectivity index (χ1) is 12.9. The van der Waals surface area contributed by atoms with Crippen LogP contribution in [0.1, 0.15) is 30.7 Å². The molecule has 0 aliphatic rings. The van der Waals surface area contributed by atoms with Crippen molar-refractivity contribution in [2.75, 3.05) is 0 Å². The summed E-state index contributed by atoms with van der Waals surface area (Å²) in [7, 11) is 8.77. The Labute approximate surface area is 175 Å². The minimum atomic E-state index is -0.727. The Kier molecular flexibility index (Phi) is 17.4. The topological polar surface area (TPSA) is 42.3 Å². The molecule has 5 unspecified atom stereocenters. The Morgan fingerprint density at radius 1 is 1.19 bits per heavy atom. The summed E-state index contributed by atoms with van der Waals surface area (Å²) in [5.41, 5.74) is 3.72. The molecular weight excluding hydrogens is 446 g/mol. The highest BCUT2D eigenvalue weighted by Crippen LogP contribution is 2.55. The number of benzene rings is 1. The van der Waals surface area contributed by atoms with Crippen molar-refractivity contribution in [2.24, 2.45) is 4.74 Å². The van der Waals surface area contributed by atoms with Gasteiger partial charge in [0.1, 0.15) is 6.04 Å². The Bertz CT molecular complexity index is 665. The van der Waals surface area contributed by atoms with E-state index in [1.54, 1.807) is 6.20 Å². The lowest BCUT2D eigenvalue weighted by Crippen LogP contribution is -2.16. The number of nitrogens with zero attached hydrogens (tertiary/aromatic N) is 2. The monoisotopic (exact) mass is 476 g/mol. The third kappa shape index (κ3) is 13.2. The Morgan fingerprint density at radius 2 is 1.81 bits per heavy atom. The van der Waals surface area contributed by atoms with Crippen molar-refractivity contribution in [1.82, 2.24) is 4.98 Å². The molecule has 1 aromatic heterocycles. The summed E-state index contributed by atoms with van der Waals surface area (Å²) in [5.74, 6) is 0. The Morgan fingerprint density at radius 3 is 2.22 bits per heavy atom. The van der Waals surface area contributed by atoms with Crippen LogP contribution in [-0.4, -0.2) is 16.6 Å². The van der Waals surface area contributed by atoms with Gasteiger partial charge in [0.05, 0.1) is 0 Å². The van der Waals surface area contributed by atoms with Gasteiger partial charge in [-0.15, -0.1) is 8.93 Å². The quantitative estimate of drug-likeness (QED) is 0.407. The van der Waals surface area contributed by atoms with E-state index in [9.17, 15) is 4.79 Å². The second-order valence-corrected chi connectivity index (χ2v) is 16.0. The van der Waals surface area contributed by atoms with Crippen LogP contribution in [0.4, 0.5) is 0 Å². The number of pyridine rings is 1. The van der Waals surface area contributed by atoms with Gasteiger partial charge < -0.3 is 0 Å². The SMILES string of the molecule is CC.Cc1ccc(CC(N=PPP)C(=O)P(P)P)cc1.Cc1ccccn1. The molecule has 0 aliphatic carbocycles. The predicted octanol–water partition coefficient (Wildman–Crippen LogP) is 7.42. The lowest BCUT2D eigenvalue weighted by molar-refractivity contribution is -0.112. The van der Waals surface area contributed by atoms with E-state index >= 15 is 0 Å². The van der Waals surface area contributed by atoms with Gasteiger partial charge in [-0.3, -0.25) is 14.5 Å². The van der Waals surface area contributed by atoms with Crippen LogP contribution in [0.25, 0.3) is 0 Å². The van der Waals surface area contributed by atoms with E-state index in [0.717, 1.165) is 13.8 Å². The smallest absolute Gasteiger partial charge is 0.186 e. The molecule has 0 N–H and O–H groups in total. The number of hydrogen-bond acceptors (Lipinski definition) is 3. The zero-order valence-corrected chi connectivity index (χ0v) is 22.6. The molecule has 0 saturated heterocycles. The molecule has 1 aromatic carbocycles. The maximum absolute atomic E-state index is 12.1. The summed E-state index contributed by atoms with van der Waals surface area (Å²) in [5, 5.41) is 0. The van der Waals surface area contributed by atoms with Crippen LogP contribution in [0.2, 0.25) is 0 Å². The van der Waals surface area contributed by atoms with Crippen molar-refractivity contribution < 1.29 is 4.79 Å². The van der Waals surface area contributed by atoms with Crippen molar-refractivity contribution in [3.05, 3.63) is 65.5 Å². The molecule has 0 fully saturated rings. The van der Waals surface area contributed by atoms with Gasteiger partial charge >= 0.3 is 0 Å². The molecule has 0 aliphatic heterocycles. The molecule has 148 valence electrons. The summed E-state index contributed by atoms with van der Waals surface area (Å²) in [6, 6.07) is 14.0. The summed E-state index contributed by atoms with van der Waals surface area (Å²) in [6.45, 7) is 8.04. The molecule has 1 heterocycles. The molecule has 0 amide bonds. The molecule has 27 heavy (non-hydrogen) atoms. The van der Waals surface area contributed by atoms with Crippen LogP contribution in [0, 0.1) is 13.8 Å². The molecule has 3 nitrogen and oxygen atoms in total. The van der Waals surface area contributed by atoms with Crippen LogP contribution in [0.15, 0.2) is 53.4 Å². The summed E-state index contributed by atoms with van der Waals surface area (Å²) < 4.78 is 4.48. The average Bonchev–Trinajstić information content (AvgIpc) is 2.68. The first kappa shape index (κ1) is 27.3. The standard InChI is InChI=1S/C10H17NOP6.C6H7N.C2H6/c1-7-2-4-8(5-3-7)6-9(11-16-17-13)10(12)18(14)15;1-6-4-2-3-5-7-6;1-2/h2-5,9,17H,6,13-15H2,1H3;2-5H,1H3;1-2H3. The molecule has 2 aromatic rings. The van der Waals surface area contributed by atoms with Crippen molar-refractivity contribution in [2.45, 2.75) is 40.2 Å². The van der Waals surface area contributed by atoms with Crippen LogP contribution in [0.3, 0.4) is 0 Å². The van der Waals surface area contributed by atoms with Crippen molar-refractivity contribution >= 4 is 55.6 Å². The van der Waals surface area contributed by atoms with E-state index in [0.29, 0.717) is 14.4 Å². The fourth-order valence-electron chi connectivity index (χ4n) is 1.85. The minimum absolute atomic E-state index is 0.205. The number of aryl methyl sites for hydroxylation is 2. The van der Waals surface area contributed by atoms with Gasteiger partial charge in [0.2, 0.25) is 0 Å². The highest BCUT2D eigenvalue weighted by Gasteiger charge is 2.20. The van der Waals surface area contributed by atoms with Crippen LogP contribution in [0.5, 0.6) is 0 Å². The van der Waals surface area contributed by atoms with Crippen molar-refractivity contribution in [1.29, 1.82) is 0 Å². The van der Waals surface area contributed by atoms with E-state index in [4.69, 9.17) is 0 Å². The van der Waals surface area contributed by atoms with E-state index in [-0.39, 0.29) is 11.6 Å². The van der Waals surface area contributed by atoms with Gasteiger partial charge in [0, 0.05) is 33.7 Å². The summed E-state index contributed by atoms with van der Waals surface area (Å²) in [6.07, 6.45) is 2.50. The second-order valence-electron chi connectivity index (χ2n) is 5.27. The van der Waals surface area contributed by atoms with Crippen molar-refractivity contribution in [3.8, 4) is 0 Å². The normalized spacial score (nSPS) is 11.7. The number of carbonyl (C=O) groups is 1. The summed E-state index contributed by atoms with van der Waals surface area (Å²) in [4.78, 5) is 16.1. The van der Waals surface area contributed by atoms with Gasteiger partial charge in [0.15, 0.2) is 5.52 Å².